The Morgan fingerprint density at radius 1 is 1.20 bits per heavy atom. The average molecular weight is 350 g/mol. The van der Waals surface area contributed by atoms with E-state index in [9.17, 15) is 9.50 Å². The number of benzene rings is 1. The second-order valence-electron chi connectivity index (χ2n) is 6.09. The third kappa shape index (κ3) is 6.59. The van der Waals surface area contributed by atoms with Gasteiger partial charge < -0.3 is 19.1 Å². The minimum Gasteiger partial charge on any atom is -0.389 e. The molecule has 1 aromatic heterocycles. The number of aromatic nitrogens is 1. The number of hydrogen-bond donors (Lipinski definition) is 1. The van der Waals surface area contributed by atoms with E-state index in [1.165, 1.54) is 6.07 Å². The molecule has 0 aliphatic carbocycles. The molecule has 25 heavy (non-hydrogen) atoms. The summed E-state index contributed by atoms with van der Waals surface area (Å²) >= 11 is 0. The van der Waals surface area contributed by atoms with Crippen LogP contribution in [0.15, 0.2) is 42.6 Å². The largest absolute Gasteiger partial charge is 0.389 e. The summed E-state index contributed by atoms with van der Waals surface area (Å²) in [5.41, 5.74) is 2.02. The first-order valence-corrected chi connectivity index (χ1v) is 8.39. The molecule has 2 aromatic rings. The summed E-state index contributed by atoms with van der Waals surface area (Å²) in [4.78, 5) is 2.13. The number of ether oxygens (including phenoxy) is 2. The zero-order valence-corrected chi connectivity index (χ0v) is 14.9. The lowest BCUT2D eigenvalue weighted by atomic mass is 10.2. The Morgan fingerprint density at radius 3 is 2.76 bits per heavy atom. The molecular formula is C19H27FN2O3. The van der Waals surface area contributed by atoms with E-state index in [4.69, 9.17) is 9.47 Å². The van der Waals surface area contributed by atoms with Gasteiger partial charge in [-0.2, -0.15) is 0 Å². The van der Waals surface area contributed by atoms with Crippen LogP contribution in [-0.2, 0) is 22.6 Å². The van der Waals surface area contributed by atoms with Gasteiger partial charge >= 0.3 is 0 Å². The van der Waals surface area contributed by atoms with Gasteiger partial charge in [0.1, 0.15) is 5.82 Å². The summed E-state index contributed by atoms with van der Waals surface area (Å²) < 4.78 is 25.7. The molecule has 2 rings (SSSR count). The molecule has 0 saturated carbocycles. The molecule has 1 atom stereocenters. The molecule has 1 N–H and O–H groups in total. The zero-order chi connectivity index (χ0) is 18.1. The number of hydrogen-bond acceptors (Lipinski definition) is 4. The molecule has 6 heteroatoms. The maximum atomic E-state index is 13.4. The normalized spacial score (nSPS) is 12.7. The highest BCUT2D eigenvalue weighted by molar-refractivity contribution is 5.18. The van der Waals surface area contributed by atoms with Crippen molar-refractivity contribution < 1.29 is 19.0 Å². The number of rotatable bonds is 11. The summed E-state index contributed by atoms with van der Waals surface area (Å²) in [7, 11) is 3.24. The number of aliphatic hydroxyl groups is 1. The molecule has 0 unspecified atom stereocenters. The summed E-state index contributed by atoms with van der Waals surface area (Å²) in [6.45, 7) is 3.38. The summed E-state index contributed by atoms with van der Waals surface area (Å²) in [6, 6.07) is 10.7. The second-order valence-corrected chi connectivity index (χ2v) is 6.09. The van der Waals surface area contributed by atoms with Crippen LogP contribution < -0.4 is 0 Å². The van der Waals surface area contributed by atoms with E-state index in [2.05, 4.69) is 9.47 Å². The number of aliphatic hydroxyl groups excluding tert-OH is 1. The van der Waals surface area contributed by atoms with Crippen LogP contribution in [0.5, 0.6) is 0 Å². The maximum absolute atomic E-state index is 13.4. The topological polar surface area (TPSA) is 46.9 Å². The molecule has 0 amide bonds. The van der Waals surface area contributed by atoms with Gasteiger partial charge in [0, 0.05) is 52.3 Å². The molecule has 0 radical (unpaired) electrons. The third-order valence-electron chi connectivity index (χ3n) is 3.99. The minimum absolute atomic E-state index is 0.226. The van der Waals surface area contributed by atoms with Crippen molar-refractivity contribution in [3.8, 4) is 0 Å². The molecule has 0 fully saturated rings. The SMILES string of the molecule is COCCN(Cc1cccn1Cc1cccc(F)c1)C[C@@H](O)COC. The molecule has 0 aliphatic heterocycles. The van der Waals surface area contributed by atoms with Crippen LogP contribution in [-0.4, -0.2) is 61.2 Å². The van der Waals surface area contributed by atoms with E-state index in [-0.39, 0.29) is 5.82 Å². The van der Waals surface area contributed by atoms with E-state index in [0.717, 1.165) is 11.3 Å². The average Bonchev–Trinajstić information content (AvgIpc) is 2.99. The third-order valence-corrected chi connectivity index (χ3v) is 3.99. The van der Waals surface area contributed by atoms with Crippen molar-refractivity contribution in [1.29, 1.82) is 0 Å². The predicted octanol–water partition coefficient (Wildman–Crippen LogP) is 2.13. The predicted molar refractivity (Wildman–Crippen MR) is 95.0 cm³/mol. The van der Waals surface area contributed by atoms with Gasteiger partial charge in [0.05, 0.1) is 19.3 Å². The van der Waals surface area contributed by atoms with E-state index < -0.39 is 6.10 Å². The highest BCUT2D eigenvalue weighted by Gasteiger charge is 2.14. The molecule has 138 valence electrons. The highest BCUT2D eigenvalue weighted by Crippen LogP contribution is 2.12. The van der Waals surface area contributed by atoms with E-state index in [1.807, 2.05) is 24.4 Å². The van der Waals surface area contributed by atoms with Crippen LogP contribution in [0.4, 0.5) is 4.39 Å². The number of nitrogens with zero attached hydrogens (tertiary/aromatic N) is 2. The van der Waals surface area contributed by atoms with Crippen molar-refractivity contribution in [2.24, 2.45) is 0 Å². The van der Waals surface area contributed by atoms with E-state index >= 15 is 0 Å². The Bertz CT molecular complexity index is 633. The summed E-state index contributed by atoms with van der Waals surface area (Å²) in [6.07, 6.45) is 1.44. The van der Waals surface area contributed by atoms with Gasteiger partial charge in [-0.25, -0.2) is 4.39 Å². The van der Waals surface area contributed by atoms with Crippen molar-refractivity contribution >= 4 is 0 Å². The second kappa shape index (κ2) is 10.3. The first-order chi connectivity index (χ1) is 12.1. The van der Waals surface area contributed by atoms with Crippen molar-refractivity contribution in [1.82, 2.24) is 9.47 Å². The van der Waals surface area contributed by atoms with Crippen molar-refractivity contribution in [3.05, 3.63) is 59.7 Å². The van der Waals surface area contributed by atoms with Crippen molar-refractivity contribution in [2.45, 2.75) is 19.2 Å². The molecule has 1 aromatic carbocycles. The first kappa shape index (κ1) is 19.6. The van der Waals surface area contributed by atoms with Crippen LogP contribution >= 0.6 is 0 Å². The highest BCUT2D eigenvalue weighted by atomic mass is 19.1. The Hall–Kier alpha value is -1.73. The van der Waals surface area contributed by atoms with Gasteiger partial charge in [0.2, 0.25) is 0 Å². The molecule has 0 spiro atoms. The van der Waals surface area contributed by atoms with E-state index in [1.54, 1.807) is 26.4 Å². The minimum atomic E-state index is -0.548. The molecule has 0 aliphatic rings. The molecule has 1 heterocycles. The van der Waals surface area contributed by atoms with Gasteiger partial charge in [-0.1, -0.05) is 12.1 Å². The van der Waals surface area contributed by atoms with Gasteiger partial charge in [-0.15, -0.1) is 0 Å². The molecule has 0 saturated heterocycles. The van der Waals surface area contributed by atoms with Crippen LogP contribution in [0.25, 0.3) is 0 Å². The summed E-state index contributed by atoms with van der Waals surface area (Å²) in [5.74, 6) is -0.226. The fourth-order valence-corrected chi connectivity index (χ4v) is 2.81. The molecular weight excluding hydrogens is 323 g/mol. The standard InChI is InChI=1S/C19H27FN2O3/c1-24-10-9-21(14-19(23)15-25-2)13-18-7-4-8-22(18)12-16-5-3-6-17(20)11-16/h3-8,11,19,23H,9-10,12-15H2,1-2H3/t19-/m1/s1. The van der Waals surface area contributed by atoms with Gasteiger partial charge in [-0.3, -0.25) is 4.90 Å². The lowest BCUT2D eigenvalue weighted by molar-refractivity contribution is 0.0288. The maximum Gasteiger partial charge on any atom is 0.123 e. The lowest BCUT2D eigenvalue weighted by Gasteiger charge is -2.25. The zero-order valence-electron chi connectivity index (χ0n) is 14.9. The Morgan fingerprint density at radius 2 is 2.04 bits per heavy atom. The van der Waals surface area contributed by atoms with Crippen LogP contribution in [0.1, 0.15) is 11.3 Å². The van der Waals surface area contributed by atoms with Crippen LogP contribution in [0.3, 0.4) is 0 Å². The molecule has 0 bridgehead atoms. The quantitative estimate of drug-likeness (QED) is 0.674. The number of halogens is 1. The van der Waals surface area contributed by atoms with Gasteiger partial charge in [0.25, 0.3) is 0 Å². The fourth-order valence-electron chi connectivity index (χ4n) is 2.81. The monoisotopic (exact) mass is 350 g/mol. The van der Waals surface area contributed by atoms with Crippen LogP contribution in [0.2, 0.25) is 0 Å². The van der Waals surface area contributed by atoms with Gasteiger partial charge in [0.15, 0.2) is 0 Å². The number of methoxy groups -OCH3 is 2. The first-order valence-electron chi connectivity index (χ1n) is 8.39. The van der Waals surface area contributed by atoms with Crippen molar-refractivity contribution in [2.75, 3.05) is 40.5 Å². The fraction of sp³-hybridized carbons (Fsp3) is 0.474. The smallest absolute Gasteiger partial charge is 0.123 e. The van der Waals surface area contributed by atoms with Gasteiger partial charge in [-0.05, 0) is 29.8 Å². The Balaban J connectivity index is 2.04. The molecule has 5 nitrogen and oxygen atoms in total. The van der Waals surface area contributed by atoms with E-state index in [0.29, 0.717) is 39.4 Å². The van der Waals surface area contributed by atoms with Crippen LogP contribution in [0, 0.1) is 5.82 Å². The Kier molecular flexibility index (Phi) is 8.08. The lowest BCUT2D eigenvalue weighted by Crippen LogP contribution is -2.36. The Labute approximate surface area is 148 Å². The van der Waals surface area contributed by atoms with Crippen molar-refractivity contribution in [3.63, 3.8) is 0 Å². The summed E-state index contributed by atoms with van der Waals surface area (Å²) in [5, 5.41) is 10.0.